The molecule has 24 heavy (non-hydrogen) atoms. The predicted molar refractivity (Wildman–Crippen MR) is 89.7 cm³/mol. The Hall–Kier alpha value is -2.22. The number of nitrogens with zero attached hydrogens (tertiary/aromatic N) is 2. The van der Waals surface area contributed by atoms with Crippen molar-refractivity contribution in [2.75, 3.05) is 0 Å². The smallest absolute Gasteiger partial charge is 0.410 e. The molecule has 0 N–H and O–H groups in total. The first-order valence-corrected chi connectivity index (χ1v) is 8.54. The van der Waals surface area contributed by atoms with Crippen LogP contribution in [-0.2, 0) is 4.74 Å². The van der Waals surface area contributed by atoms with Crippen LogP contribution in [0.25, 0.3) is 0 Å². The van der Waals surface area contributed by atoms with Crippen LogP contribution in [0.4, 0.5) is 4.79 Å². The third-order valence-electron chi connectivity index (χ3n) is 4.58. The van der Waals surface area contributed by atoms with Crippen LogP contribution in [0.2, 0.25) is 0 Å². The van der Waals surface area contributed by atoms with Crippen molar-refractivity contribution in [1.29, 1.82) is 5.26 Å². The molecule has 0 aromatic heterocycles. The third kappa shape index (κ3) is 3.64. The van der Waals surface area contributed by atoms with E-state index < -0.39 is 5.60 Å². The molecule has 3 rings (SSSR count). The number of hydrogen-bond donors (Lipinski definition) is 0. The summed E-state index contributed by atoms with van der Waals surface area (Å²) in [7, 11) is 0. The SMILES string of the molecule is CC(C)(C)OC(=O)N1[C@@H]2CC[C@H]1C[C@H](Oc1ccc(C#N)cc1)C2. The Morgan fingerprint density at radius 3 is 2.25 bits per heavy atom. The van der Waals surface area contributed by atoms with Gasteiger partial charge in [-0.15, -0.1) is 0 Å². The predicted octanol–water partition coefficient (Wildman–Crippen LogP) is 3.87. The number of carbonyl (C=O) groups excluding carboxylic acids is 1. The molecule has 1 amide bonds. The molecule has 0 saturated carbocycles. The van der Waals surface area contributed by atoms with Crippen LogP contribution in [0.5, 0.6) is 5.75 Å². The second-order valence-electron chi connectivity index (χ2n) is 7.62. The van der Waals surface area contributed by atoms with Gasteiger partial charge in [0.15, 0.2) is 0 Å². The van der Waals surface area contributed by atoms with E-state index in [1.165, 1.54) is 0 Å². The molecule has 2 saturated heterocycles. The van der Waals surface area contributed by atoms with Crippen molar-refractivity contribution >= 4 is 6.09 Å². The van der Waals surface area contributed by atoms with E-state index in [-0.39, 0.29) is 24.3 Å². The van der Waals surface area contributed by atoms with Gasteiger partial charge in [-0.1, -0.05) is 0 Å². The maximum Gasteiger partial charge on any atom is 0.410 e. The van der Waals surface area contributed by atoms with Gasteiger partial charge in [-0.05, 0) is 57.9 Å². The molecule has 2 bridgehead atoms. The minimum Gasteiger partial charge on any atom is -0.490 e. The molecule has 0 radical (unpaired) electrons. The maximum atomic E-state index is 12.4. The van der Waals surface area contributed by atoms with E-state index >= 15 is 0 Å². The fourth-order valence-electron chi connectivity index (χ4n) is 3.64. The van der Waals surface area contributed by atoms with Gasteiger partial charge in [0.05, 0.1) is 11.6 Å². The Morgan fingerprint density at radius 1 is 1.17 bits per heavy atom. The van der Waals surface area contributed by atoms with Crippen LogP contribution >= 0.6 is 0 Å². The molecule has 0 unspecified atom stereocenters. The molecule has 2 aliphatic heterocycles. The molecule has 1 aromatic carbocycles. The maximum absolute atomic E-state index is 12.4. The average Bonchev–Trinajstić information content (AvgIpc) is 2.78. The molecule has 5 heteroatoms. The lowest BCUT2D eigenvalue weighted by Crippen LogP contribution is -2.50. The Bertz CT molecular complexity index is 628. The highest BCUT2D eigenvalue weighted by Gasteiger charge is 2.45. The number of amides is 1. The summed E-state index contributed by atoms with van der Waals surface area (Å²) in [6.07, 6.45) is 3.58. The zero-order valence-corrected chi connectivity index (χ0v) is 14.5. The van der Waals surface area contributed by atoms with Gasteiger partial charge in [0.1, 0.15) is 17.5 Å². The summed E-state index contributed by atoms with van der Waals surface area (Å²) in [6.45, 7) is 5.69. The first kappa shape index (κ1) is 16.6. The number of carbonyl (C=O) groups is 1. The standard InChI is InChI=1S/C19H24N2O3/c1-19(2,3)24-18(22)21-14-6-7-15(21)11-17(10-14)23-16-8-4-13(12-20)5-9-16/h4-5,8-9,14-15,17H,6-7,10-11H2,1-3H3/t14-,15+,17-. The summed E-state index contributed by atoms with van der Waals surface area (Å²) < 4.78 is 11.6. The molecular weight excluding hydrogens is 304 g/mol. The van der Waals surface area contributed by atoms with E-state index in [0.717, 1.165) is 31.4 Å². The van der Waals surface area contributed by atoms with Gasteiger partial charge in [0.2, 0.25) is 0 Å². The number of ether oxygens (including phenoxy) is 2. The summed E-state index contributed by atoms with van der Waals surface area (Å²) in [5, 5.41) is 8.85. The summed E-state index contributed by atoms with van der Waals surface area (Å²) in [5.41, 5.74) is 0.161. The van der Waals surface area contributed by atoms with E-state index in [1.807, 2.05) is 37.8 Å². The number of hydrogen-bond acceptors (Lipinski definition) is 4. The van der Waals surface area contributed by atoms with Gasteiger partial charge in [0.25, 0.3) is 0 Å². The topological polar surface area (TPSA) is 62.6 Å². The lowest BCUT2D eigenvalue weighted by Gasteiger charge is -2.39. The van der Waals surface area contributed by atoms with Crippen molar-refractivity contribution < 1.29 is 14.3 Å². The molecule has 2 aliphatic rings. The third-order valence-corrected chi connectivity index (χ3v) is 4.58. The minimum absolute atomic E-state index is 0.106. The fourth-order valence-corrected chi connectivity index (χ4v) is 3.64. The van der Waals surface area contributed by atoms with E-state index in [1.54, 1.807) is 12.1 Å². The van der Waals surface area contributed by atoms with Crippen molar-refractivity contribution in [1.82, 2.24) is 4.90 Å². The van der Waals surface area contributed by atoms with Gasteiger partial charge in [0, 0.05) is 24.9 Å². The first-order valence-electron chi connectivity index (χ1n) is 8.54. The quantitative estimate of drug-likeness (QED) is 0.827. The summed E-state index contributed by atoms with van der Waals surface area (Å²) in [4.78, 5) is 14.4. The Balaban J connectivity index is 1.62. The average molecular weight is 328 g/mol. The Kier molecular flexibility index (Phi) is 4.40. The van der Waals surface area contributed by atoms with Crippen molar-refractivity contribution in [2.45, 2.75) is 70.2 Å². The van der Waals surface area contributed by atoms with Crippen LogP contribution < -0.4 is 4.74 Å². The van der Waals surface area contributed by atoms with Crippen molar-refractivity contribution in [3.63, 3.8) is 0 Å². The van der Waals surface area contributed by atoms with E-state index in [0.29, 0.717) is 5.56 Å². The number of nitriles is 1. The molecule has 0 spiro atoms. The highest BCUT2D eigenvalue weighted by molar-refractivity contribution is 5.69. The van der Waals surface area contributed by atoms with Gasteiger partial charge >= 0.3 is 6.09 Å². The molecule has 1 aromatic rings. The second kappa shape index (κ2) is 6.35. The van der Waals surface area contributed by atoms with Crippen LogP contribution in [0.15, 0.2) is 24.3 Å². The summed E-state index contributed by atoms with van der Waals surface area (Å²) in [6, 6.07) is 9.69. The van der Waals surface area contributed by atoms with Gasteiger partial charge < -0.3 is 14.4 Å². The van der Waals surface area contributed by atoms with Gasteiger partial charge in [-0.3, -0.25) is 0 Å². The fraction of sp³-hybridized carbons (Fsp3) is 0.579. The van der Waals surface area contributed by atoms with E-state index in [2.05, 4.69) is 6.07 Å². The zero-order valence-electron chi connectivity index (χ0n) is 14.5. The Labute approximate surface area is 143 Å². The number of benzene rings is 1. The summed E-state index contributed by atoms with van der Waals surface area (Å²) >= 11 is 0. The summed E-state index contributed by atoms with van der Waals surface area (Å²) in [5.74, 6) is 0.782. The molecule has 128 valence electrons. The molecule has 3 atom stereocenters. The van der Waals surface area contributed by atoms with Crippen LogP contribution in [0.3, 0.4) is 0 Å². The van der Waals surface area contributed by atoms with Gasteiger partial charge in [-0.25, -0.2) is 4.79 Å². The van der Waals surface area contributed by atoms with Crippen molar-refractivity contribution in [3.05, 3.63) is 29.8 Å². The highest BCUT2D eigenvalue weighted by atomic mass is 16.6. The Morgan fingerprint density at radius 2 is 1.75 bits per heavy atom. The normalized spacial score (nSPS) is 25.9. The first-order chi connectivity index (χ1) is 11.4. The monoisotopic (exact) mass is 328 g/mol. The molecule has 5 nitrogen and oxygen atoms in total. The van der Waals surface area contributed by atoms with E-state index in [4.69, 9.17) is 14.7 Å². The van der Waals surface area contributed by atoms with Crippen molar-refractivity contribution in [2.24, 2.45) is 0 Å². The molecular formula is C19H24N2O3. The number of fused-ring (bicyclic) bond motifs is 2. The molecule has 2 fully saturated rings. The lowest BCUT2D eigenvalue weighted by molar-refractivity contribution is -0.00707. The number of rotatable bonds is 2. The van der Waals surface area contributed by atoms with Gasteiger partial charge in [-0.2, -0.15) is 5.26 Å². The van der Waals surface area contributed by atoms with Crippen LogP contribution in [0, 0.1) is 11.3 Å². The van der Waals surface area contributed by atoms with E-state index in [9.17, 15) is 4.79 Å². The minimum atomic E-state index is -0.466. The number of piperidine rings is 1. The van der Waals surface area contributed by atoms with Crippen LogP contribution in [-0.4, -0.2) is 34.8 Å². The zero-order chi connectivity index (χ0) is 17.3. The molecule has 0 aliphatic carbocycles. The van der Waals surface area contributed by atoms with Crippen molar-refractivity contribution in [3.8, 4) is 11.8 Å². The molecule has 2 heterocycles. The lowest BCUT2D eigenvalue weighted by atomic mass is 10.00. The van der Waals surface area contributed by atoms with Crippen LogP contribution in [0.1, 0.15) is 52.0 Å². The largest absolute Gasteiger partial charge is 0.490 e. The highest BCUT2D eigenvalue weighted by Crippen LogP contribution is 2.38. The second-order valence-corrected chi connectivity index (χ2v) is 7.62.